The normalized spacial score (nSPS) is 13.2. The van der Waals surface area contributed by atoms with E-state index in [4.69, 9.17) is 32.7 Å². The predicted octanol–water partition coefficient (Wildman–Crippen LogP) is 5.29. The van der Waals surface area contributed by atoms with Crippen LogP contribution in [0.4, 0.5) is 5.69 Å². The number of sulfonamides is 1. The number of anilines is 1. The van der Waals surface area contributed by atoms with Crippen LogP contribution in [-0.4, -0.2) is 57.5 Å². The fourth-order valence-corrected chi connectivity index (χ4v) is 6.45. The van der Waals surface area contributed by atoms with Gasteiger partial charge in [0.15, 0.2) is 11.5 Å². The van der Waals surface area contributed by atoms with Crippen molar-refractivity contribution in [3.8, 4) is 11.5 Å². The van der Waals surface area contributed by atoms with Gasteiger partial charge in [-0.05, 0) is 54.8 Å². The maximum atomic E-state index is 14.2. The smallest absolute Gasteiger partial charge is 0.264 e. The number of nitrogens with zero attached hydrogens (tertiary/aromatic N) is 2. The van der Waals surface area contributed by atoms with Crippen LogP contribution in [-0.2, 0) is 26.2 Å². The van der Waals surface area contributed by atoms with Crippen molar-refractivity contribution < 1.29 is 27.5 Å². The number of ether oxygens (including phenoxy) is 2. The van der Waals surface area contributed by atoms with Crippen molar-refractivity contribution in [2.45, 2.75) is 44.2 Å². The van der Waals surface area contributed by atoms with E-state index in [1.807, 2.05) is 6.92 Å². The lowest BCUT2D eigenvalue weighted by Crippen LogP contribution is -2.52. The van der Waals surface area contributed by atoms with Crippen LogP contribution in [0.2, 0.25) is 10.0 Å². The summed E-state index contributed by atoms with van der Waals surface area (Å²) in [5, 5.41) is 3.60. The van der Waals surface area contributed by atoms with Crippen molar-refractivity contribution in [1.82, 2.24) is 10.2 Å². The van der Waals surface area contributed by atoms with Crippen LogP contribution in [0, 0.1) is 0 Å². The Hall–Kier alpha value is -3.47. The molecule has 0 saturated carbocycles. The molecule has 9 nitrogen and oxygen atoms in total. The zero-order valence-electron chi connectivity index (χ0n) is 23.4. The first-order valence-corrected chi connectivity index (χ1v) is 15.8. The van der Waals surface area contributed by atoms with E-state index in [2.05, 4.69) is 5.32 Å². The van der Waals surface area contributed by atoms with Crippen molar-refractivity contribution in [2.24, 2.45) is 0 Å². The van der Waals surface area contributed by atoms with Crippen molar-refractivity contribution in [3.63, 3.8) is 0 Å². The number of amides is 2. The summed E-state index contributed by atoms with van der Waals surface area (Å²) >= 11 is 12.5. The van der Waals surface area contributed by atoms with Crippen LogP contribution in [0.3, 0.4) is 0 Å². The van der Waals surface area contributed by atoms with Gasteiger partial charge >= 0.3 is 0 Å². The van der Waals surface area contributed by atoms with Crippen LogP contribution < -0.4 is 19.1 Å². The molecule has 0 unspecified atom stereocenters. The maximum Gasteiger partial charge on any atom is 0.264 e. The SMILES string of the molecule is CCCNC(=O)[C@H](CC)N(Cc1ccc(Cl)cc1Cl)C(=O)CN(c1ccc2c(c1)OCCO2)S(=O)(=O)c1ccccc1. The van der Waals surface area contributed by atoms with Crippen LogP contribution >= 0.6 is 23.2 Å². The minimum atomic E-state index is -4.22. The molecule has 3 aromatic carbocycles. The number of carbonyl (C=O) groups is 2. The van der Waals surface area contributed by atoms with Crippen molar-refractivity contribution in [2.75, 3.05) is 30.6 Å². The third-order valence-corrected chi connectivity index (χ3v) is 9.09. The number of carbonyl (C=O) groups excluding carboxylic acids is 2. The molecule has 1 heterocycles. The average Bonchev–Trinajstić information content (AvgIpc) is 2.99. The zero-order chi connectivity index (χ0) is 30.3. The molecule has 42 heavy (non-hydrogen) atoms. The van der Waals surface area contributed by atoms with Gasteiger partial charge < -0.3 is 19.7 Å². The Balaban J connectivity index is 1.76. The van der Waals surface area contributed by atoms with Gasteiger partial charge in [0, 0.05) is 29.2 Å². The molecule has 1 atom stereocenters. The monoisotopic (exact) mass is 633 g/mol. The van der Waals surface area contributed by atoms with E-state index in [1.165, 1.54) is 23.1 Å². The Bertz CT molecular complexity index is 1520. The Morgan fingerprint density at radius 3 is 2.33 bits per heavy atom. The molecule has 0 radical (unpaired) electrons. The summed E-state index contributed by atoms with van der Waals surface area (Å²) < 4.78 is 40.3. The van der Waals surface area contributed by atoms with Crippen LogP contribution in [0.15, 0.2) is 71.6 Å². The van der Waals surface area contributed by atoms with E-state index in [0.29, 0.717) is 59.7 Å². The summed E-state index contributed by atoms with van der Waals surface area (Å²) in [6, 6.07) is 16.6. The third kappa shape index (κ3) is 7.29. The number of hydrogen-bond acceptors (Lipinski definition) is 6. The average molecular weight is 635 g/mol. The summed E-state index contributed by atoms with van der Waals surface area (Å²) in [6.07, 6.45) is 1.01. The zero-order valence-corrected chi connectivity index (χ0v) is 25.7. The minimum Gasteiger partial charge on any atom is -0.486 e. The van der Waals surface area contributed by atoms with Gasteiger partial charge in [0.05, 0.1) is 10.6 Å². The highest BCUT2D eigenvalue weighted by molar-refractivity contribution is 7.92. The second-order valence-corrected chi connectivity index (χ2v) is 12.3. The fourth-order valence-electron chi connectivity index (χ4n) is 4.55. The molecule has 1 aliphatic rings. The number of rotatable bonds is 12. The standard InChI is InChI=1S/C30H33Cl2N3O6S/c1-3-14-33-30(37)26(4-2)34(19-21-10-11-22(31)17-25(21)32)29(36)20-35(42(38,39)24-8-6-5-7-9-24)23-12-13-27-28(18-23)41-16-15-40-27/h5-13,17-18,26H,3-4,14-16,19-20H2,1-2H3,(H,33,37)/t26-/m0/s1. The van der Waals surface area contributed by atoms with Gasteiger partial charge in [-0.1, -0.05) is 61.3 Å². The summed E-state index contributed by atoms with van der Waals surface area (Å²) in [5.41, 5.74) is 0.775. The molecule has 4 rings (SSSR count). The summed E-state index contributed by atoms with van der Waals surface area (Å²) in [5.74, 6) is -0.0795. The molecule has 0 fully saturated rings. The lowest BCUT2D eigenvalue weighted by atomic mass is 10.1. The fraction of sp³-hybridized carbons (Fsp3) is 0.333. The molecular formula is C30H33Cl2N3O6S. The van der Waals surface area contributed by atoms with E-state index in [9.17, 15) is 18.0 Å². The summed E-state index contributed by atoms with van der Waals surface area (Å²) in [4.78, 5) is 28.8. The van der Waals surface area contributed by atoms with Crippen molar-refractivity contribution in [3.05, 3.63) is 82.3 Å². The van der Waals surface area contributed by atoms with E-state index in [1.54, 1.807) is 55.5 Å². The highest BCUT2D eigenvalue weighted by Gasteiger charge is 2.34. The van der Waals surface area contributed by atoms with Crippen LogP contribution in [0.25, 0.3) is 0 Å². The molecule has 0 aliphatic carbocycles. The molecule has 0 spiro atoms. The molecule has 0 saturated heterocycles. The highest BCUT2D eigenvalue weighted by Crippen LogP contribution is 2.36. The van der Waals surface area contributed by atoms with E-state index >= 15 is 0 Å². The molecule has 1 aliphatic heterocycles. The molecule has 224 valence electrons. The van der Waals surface area contributed by atoms with Gasteiger partial charge in [-0.25, -0.2) is 8.42 Å². The number of halogens is 2. The summed E-state index contributed by atoms with van der Waals surface area (Å²) in [7, 11) is -4.22. The summed E-state index contributed by atoms with van der Waals surface area (Å²) in [6.45, 7) is 4.22. The van der Waals surface area contributed by atoms with E-state index < -0.39 is 28.5 Å². The molecular weight excluding hydrogens is 601 g/mol. The van der Waals surface area contributed by atoms with E-state index in [0.717, 1.165) is 4.31 Å². The Morgan fingerprint density at radius 2 is 1.67 bits per heavy atom. The number of benzene rings is 3. The Labute approximate surface area is 256 Å². The third-order valence-electron chi connectivity index (χ3n) is 6.71. The number of hydrogen-bond donors (Lipinski definition) is 1. The van der Waals surface area contributed by atoms with Crippen LogP contribution in [0.5, 0.6) is 11.5 Å². The van der Waals surface area contributed by atoms with E-state index in [-0.39, 0.29) is 23.0 Å². The van der Waals surface area contributed by atoms with Gasteiger partial charge in [0.2, 0.25) is 11.8 Å². The lowest BCUT2D eigenvalue weighted by Gasteiger charge is -2.33. The van der Waals surface area contributed by atoms with Gasteiger partial charge in [-0.15, -0.1) is 0 Å². The van der Waals surface area contributed by atoms with Crippen molar-refractivity contribution in [1.29, 1.82) is 0 Å². The van der Waals surface area contributed by atoms with Crippen LogP contribution in [0.1, 0.15) is 32.3 Å². The molecule has 0 bridgehead atoms. The minimum absolute atomic E-state index is 0.00714. The van der Waals surface area contributed by atoms with Gasteiger partial charge in [0.25, 0.3) is 10.0 Å². The first-order valence-electron chi connectivity index (χ1n) is 13.6. The van der Waals surface area contributed by atoms with Gasteiger partial charge in [-0.2, -0.15) is 0 Å². The molecule has 0 aromatic heterocycles. The first-order chi connectivity index (χ1) is 20.1. The van der Waals surface area contributed by atoms with Crippen molar-refractivity contribution >= 4 is 50.7 Å². The maximum absolute atomic E-state index is 14.2. The quantitative estimate of drug-likeness (QED) is 0.290. The molecule has 3 aromatic rings. The predicted molar refractivity (Wildman–Crippen MR) is 163 cm³/mol. The first kappa shape index (κ1) is 31.5. The Kier molecular flexibility index (Phi) is 10.6. The molecule has 1 N–H and O–H groups in total. The van der Waals surface area contributed by atoms with Gasteiger partial charge in [0.1, 0.15) is 25.8 Å². The molecule has 12 heteroatoms. The second-order valence-electron chi connectivity index (χ2n) is 9.63. The Morgan fingerprint density at radius 1 is 0.952 bits per heavy atom. The lowest BCUT2D eigenvalue weighted by molar-refractivity contribution is -0.140. The topological polar surface area (TPSA) is 105 Å². The highest BCUT2D eigenvalue weighted by atomic mass is 35.5. The van der Waals surface area contributed by atoms with Gasteiger partial charge in [-0.3, -0.25) is 13.9 Å². The number of fused-ring (bicyclic) bond motifs is 1. The number of nitrogens with one attached hydrogen (secondary N) is 1. The largest absolute Gasteiger partial charge is 0.486 e. The molecule has 2 amide bonds. The second kappa shape index (κ2) is 14.1.